The normalized spacial score (nSPS) is 11.8. The van der Waals surface area contributed by atoms with E-state index in [1.807, 2.05) is 18.2 Å². The van der Waals surface area contributed by atoms with Gasteiger partial charge in [0.1, 0.15) is 0 Å². The first kappa shape index (κ1) is 8.78. The van der Waals surface area contributed by atoms with Crippen LogP contribution in [0.4, 0.5) is 5.88 Å². The zero-order valence-corrected chi connectivity index (χ0v) is 7.23. The van der Waals surface area contributed by atoms with Gasteiger partial charge in [0, 0.05) is 12.3 Å². The molecule has 1 heterocycles. The molecule has 1 aromatic rings. The van der Waals surface area contributed by atoms with E-state index in [2.05, 4.69) is 18.0 Å². The summed E-state index contributed by atoms with van der Waals surface area (Å²) < 4.78 is 5.01. The summed E-state index contributed by atoms with van der Waals surface area (Å²) in [6, 6.07) is 3.65. The Hall–Kier alpha value is -1.31. The molecule has 1 rings (SSSR count). The summed E-state index contributed by atoms with van der Waals surface area (Å²) >= 11 is 0. The van der Waals surface area contributed by atoms with Crippen LogP contribution in [-0.4, -0.2) is 6.21 Å². The molecule has 0 atom stereocenters. The van der Waals surface area contributed by atoms with E-state index in [4.69, 9.17) is 4.42 Å². The fourth-order valence-corrected chi connectivity index (χ4v) is 0.784. The predicted molar refractivity (Wildman–Crippen MR) is 50.9 cm³/mol. The zero-order chi connectivity index (χ0) is 8.65. The molecule has 2 heteroatoms. The van der Waals surface area contributed by atoms with E-state index in [9.17, 15) is 0 Å². The van der Waals surface area contributed by atoms with Crippen LogP contribution in [0.25, 0.3) is 0 Å². The second-order valence-corrected chi connectivity index (χ2v) is 2.45. The van der Waals surface area contributed by atoms with Gasteiger partial charge in [0.15, 0.2) is 0 Å². The Labute approximate surface area is 72.6 Å². The van der Waals surface area contributed by atoms with E-state index < -0.39 is 0 Å². The Balaban J connectivity index is 2.31. The third-order valence-corrected chi connectivity index (χ3v) is 1.39. The average Bonchev–Trinajstić information content (AvgIpc) is 2.57. The van der Waals surface area contributed by atoms with Gasteiger partial charge in [-0.3, -0.25) is 0 Å². The second-order valence-electron chi connectivity index (χ2n) is 2.45. The van der Waals surface area contributed by atoms with Crippen molar-refractivity contribution in [1.82, 2.24) is 0 Å². The zero-order valence-electron chi connectivity index (χ0n) is 7.23. The van der Waals surface area contributed by atoms with E-state index >= 15 is 0 Å². The minimum Gasteiger partial charge on any atom is -0.447 e. The smallest absolute Gasteiger partial charge is 0.218 e. The van der Waals surface area contributed by atoms with E-state index in [1.165, 1.54) is 6.42 Å². The number of furan rings is 1. The number of nitrogens with zero attached hydrogens (tertiary/aromatic N) is 1. The first-order valence-electron chi connectivity index (χ1n) is 4.16. The van der Waals surface area contributed by atoms with Crippen LogP contribution in [0.5, 0.6) is 0 Å². The van der Waals surface area contributed by atoms with Crippen LogP contribution in [0.1, 0.15) is 19.8 Å². The van der Waals surface area contributed by atoms with Crippen LogP contribution in [0, 0.1) is 0 Å². The van der Waals surface area contributed by atoms with Gasteiger partial charge in [0.25, 0.3) is 0 Å². The standard InChI is InChI=1S/C10H13NO/c1-2-3-4-5-8-11-10-7-6-9-12-10/h4-9H,2-3H2,1H3. The molecule has 0 N–H and O–H groups in total. The van der Waals surface area contributed by atoms with E-state index in [1.54, 1.807) is 12.5 Å². The maximum Gasteiger partial charge on any atom is 0.218 e. The van der Waals surface area contributed by atoms with Crippen molar-refractivity contribution in [3.63, 3.8) is 0 Å². The van der Waals surface area contributed by atoms with Gasteiger partial charge >= 0.3 is 0 Å². The van der Waals surface area contributed by atoms with Gasteiger partial charge in [-0.2, -0.15) is 0 Å². The molecule has 0 amide bonds. The van der Waals surface area contributed by atoms with Crippen LogP contribution in [0.3, 0.4) is 0 Å². The van der Waals surface area contributed by atoms with Gasteiger partial charge in [0.2, 0.25) is 5.88 Å². The van der Waals surface area contributed by atoms with Gasteiger partial charge < -0.3 is 4.42 Å². The minimum atomic E-state index is 0.649. The van der Waals surface area contributed by atoms with Gasteiger partial charge in [-0.25, -0.2) is 4.99 Å². The van der Waals surface area contributed by atoms with Crippen molar-refractivity contribution in [2.45, 2.75) is 19.8 Å². The van der Waals surface area contributed by atoms with Crippen molar-refractivity contribution in [1.29, 1.82) is 0 Å². The quantitative estimate of drug-likeness (QED) is 0.625. The van der Waals surface area contributed by atoms with Gasteiger partial charge in [-0.15, -0.1) is 0 Å². The minimum absolute atomic E-state index is 0.649. The van der Waals surface area contributed by atoms with Crippen LogP contribution in [-0.2, 0) is 0 Å². The summed E-state index contributed by atoms with van der Waals surface area (Å²) in [5.41, 5.74) is 0. The van der Waals surface area contributed by atoms with Crippen LogP contribution in [0.2, 0.25) is 0 Å². The molecule has 64 valence electrons. The second kappa shape index (κ2) is 5.35. The summed E-state index contributed by atoms with van der Waals surface area (Å²) in [5.74, 6) is 0.649. The number of unbranched alkanes of at least 4 members (excludes halogenated alkanes) is 1. The summed E-state index contributed by atoms with van der Waals surface area (Å²) in [6.07, 6.45) is 9.66. The van der Waals surface area contributed by atoms with Gasteiger partial charge in [-0.1, -0.05) is 19.4 Å². The van der Waals surface area contributed by atoms with E-state index in [0.717, 1.165) is 6.42 Å². The van der Waals surface area contributed by atoms with Crippen molar-refractivity contribution >= 4 is 12.1 Å². The third-order valence-electron chi connectivity index (χ3n) is 1.39. The molecule has 0 aromatic carbocycles. The number of hydrogen-bond acceptors (Lipinski definition) is 2. The third kappa shape index (κ3) is 3.19. The molecule has 1 aromatic heterocycles. The Kier molecular flexibility index (Phi) is 3.92. The SMILES string of the molecule is CCCC=CC=Nc1ccco1. The maximum atomic E-state index is 5.01. The van der Waals surface area contributed by atoms with Crippen molar-refractivity contribution in [3.05, 3.63) is 30.5 Å². The molecule has 0 saturated heterocycles. The molecule has 2 nitrogen and oxygen atoms in total. The first-order valence-corrected chi connectivity index (χ1v) is 4.16. The fourth-order valence-electron chi connectivity index (χ4n) is 0.784. The highest BCUT2D eigenvalue weighted by Gasteiger charge is 1.84. The molecular weight excluding hydrogens is 150 g/mol. The summed E-state index contributed by atoms with van der Waals surface area (Å²) in [5, 5.41) is 0. The highest BCUT2D eigenvalue weighted by molar-refractivity contribution is 5.73. The lowest BCUT2D eigenvalue weighted by molar-refractivity contribution is 0.578. The molecule has 0 unspecified atom stereocenters. The van der Waals surface area contributed by atoms with Gasteiger partial charge in [-0.05, 0) is 18.6 Å². The highest BCUT2D eigenvalue weighted by Crippen LogP contribution is 2.09. The Morgan fingerprint density at radius 3 is 3.17 bits per heavy atom. The first-order chi connectivity index (χ1) is 5.93. The Bertz CT molecular complexity index is 247. The van der Waals surface area contributed by atoms with Crippen molar-refractivity contribution in [2.24, 2.45) is 4.99 Å². The molecular formula is C10H13NO. The molecule has 0 bridgehead atoms. The molecule has 0 radical (unpaired) electrons. The predicted octanol–water partition coefficient (Wildman–Crippen LogP) is 3.34. The topological polar surface area (TPSA) is 25.5 Å². The van der Waals surface area contributed by atoms with Crippen molar-refractivity contribution < 1.29 is 4.42 Å². The molecule has 0 saturated carbocycles. The lowest BCUT2D eigenvalue weighted by atomic mass is 10.3. The monoisotopic (exact) mass is 163 g/mol. The van der Waals surface area contributed by atoms with Crippen molar-refractivity contribution in [2.75, 3.05) is 0 Å². The van der Waals surface area contributed by atoms with Gasteiger partial charge in [0.05, 0.1) is 6.26 Å². The lowest BCUT2D eigenvalue weighted by Crippen LogP contribution is -1.64. The number of allylic oxidation sites excluding steroid dienone is 2. The van der Waals surface area contributed by atoms with Crippen LogP contribution < -0.4 is 0 Å². The average molecular weight is 163 g/mol. The molecule has 0 aliphatic rings. The van der Waals surface area contributed by atoms with E-state index in [0.29, 0.717) is 5.88 Å². The largest absolute Gasteiger partial charge is 0.447 e. The maximum absolute atomic E-state index is 5.01. The summed E-state index contributed by atoms with van der Waals surface area (Å²) in [6.45, 7) is 2.15. The fraction of sp³-hybridized carbons (Fsp3) is 0.300. The summed E-state index contributed by atoms with van der Waals surface area (Å²) in [4.78, 5) is 4.06. The number of aliphatic imine (C=N–C) groups is 1. The molecule has 0 fully saturated rings. The molecule has 0 aliphatic heterocycles. The Morgan fingerprint density at radius 1 is 1.58 bits per heavy atom. The Morgan fingerprint density at radius 2 is 2.50 bits per heavy atom. The number of rotatable bonds is 4. The summed E-state index contributed by atoms with van der Waals surface area (Å²) in [7, 11) is 0. The molecule has 0 spiro atoms. The van der Waals surface area contributed by atoms with Crippen LogP contribution >= 0.6 is 0 Å². The molecule has 0 aliphatic carbocycles. The van der Waals surface area contributed by atoms with Crippen molar-refractivity contribution in [3.8, 4) is 0 Å². The van der Waals surface area contributed by atoms with E-state index in [-0.39, 0.29) is 0 Å². The number of hydrogen-bond donors (Lipinski definition) is 0. The molecule has 12 heavy (non-hydrogen) atoms. The lowest BCUT2D eigenvalue weighted by Gasteiger charge is -1.81. The van der Waals surface area contributed by atoms with Crippen LogP contribution in [0.15, 0.2) is 40.0 Å². The highest BCUT2D eigenvalue weighted by atomic mass is 16.3.